The summed E-state index contributed by atoms with van der Waals surface area (Å²) in [6.45, 7) is 3.50. The van der Waals surface area contributed by atoms with Crippen LogP contribution in [0.25, 0.3) is 22.8 Å². The number of hydrogen-bond acceptors (Lipinski definition) is 8. The van der Waals surface area contributed by atoms with Crippen molar-refractivity contribution >= 4 is 11.6 Å². The van der Waals surface area contributed by atoms with E-state index in [9.17, 15) is 9.50 Å². The SMILES string of the molecule is C#Cc1cccc(-c2nc(N)c(F)c(-c3cn(Cc4cccc(N5CCC(O)C5)n4)nn3)n2)c1C. The summed E-state index contributed by atoms with van der Waals surface area (Å²) in [6, 6.07) is 11.1. The van der Waals surface area contributed by atoms with E-state index in [1.807, 2.05) is 42.2 Å². The van der Waals surface area contributed by atoms with E-state index in [4.69, 9.17) is 12.2 Å². The Morgan fingerprint density at radius 3 is 2.80 bits per heavy atom. The Labute approximate surface area is 201 Å². The van der Waals surface area contributed by atoms with Crippen LogP contribution in [0, 0.1) is 25.1 Å². The van der Waals surface area contributed by atoms with Crippen LogP contribution in [0.3, 0.4) is 0 Å². The molecule has 1 aromatic carbocycles. The summed E-state index contributed by atoms with van der Waals surface area (Å²) in [4.78, 5) is 15.2. The molecular weight excluding hydrogens is 447 g/mol. The molecule has 1 unspecified atom stereocenters. The Hall–Kier alpha value is -4.36. The molecule has 35 heavy (non-hydrogen) atoms. The van der Waals surface area contributed by atoms with Crippen molar-refractivity contribution in [2.75, 3.05) is 23.7 Å². The molecule has 5 rings (SSSR count). The minimum absolute atomic E-state index is 0.0444. The highest BCUT2D eigenvalue weighted by molar-refractivity contribution is 5.69. The topological polar surface area (TPSA) is 119 Å². The molecule has 4 heterocycles. The Balaban J connectivity index is 1.44. The fourth-order valence-corrected chi connectivity index (χ4v) is 4.12. The number of hydrogen-bond donors (Lipinski definition) is 2. The lowest BCUT2D eigenvalue weighted by Gasteiger charge is -2.17. The van der Waals surface area contributed by atoms with Crippen LogP contribution >= 0.6 is 0 Å². The van der Waals surface area contributed by atoms with Crippen LogP contribution in [0.1, 0.15) is 23.2 Å². The van der Waals surface area contributed by atoms with Crippen molar-refractivity contribution in [2.24, 2.45) is 0 Å². The summed E-state index contributed by atoms with van der Waals surface area (Å²) in [5.74, 6) is 2.62. The molecule has 3 N–H and O–H groups in total. The van der Waals surface area contributed by atoms with Gasteiger partial charge in [-0.15, -0.1) is 11.5 Å². The first-order valence-corrected chi connectivity index (χ1v) is 11.1. The highest BCUT2D eigenvalue weighted by atomic mass is 19.1. The summed E-state index contributed by atoms with van der Waals surface area (Å²) >= 11 is 0. The first-order chi connectivity index (χ1) is 16.9. The number of pyridine rings is 1. The van der Waals surface area contributed by atoms with Gasteiger partial charge in [0.25, 0.3) is 0 Å². The first kappa shape index (κ1) is 22.4. The lowest BCUT2D eigenvalue weighted by molar-refractivity contribution is 0.198. The highest BCUT2D eigenvalue weighted by Gasteiger charge is 2.22. The van der Waals surface area contributed by atoms with Crippen molar-refractivity contribution in [2.45, 2.75) is 26.0 Å². The molecule has 0 bridgehead atoms. The number of benzene rings is 1. The second-order valence-electron chi connectivity index (χ2n) is 8.39. The maximum Gasteiger partial charge on any atom is 0.193 e. The fourth-order valence-electron chi connectivity index (χ4n) is 4.12. The summed E-state index contributed by atoms with van der Waals surface area (Å²) < 4.78 is 16.5. The Morgan fingerprint density at radius 1 is 1.20 bits per heavy atom. The maximum atomic E-state index is 14.9. The lowest BCUT2D eigenvalue weighted by Crippen LogP contribution is -2.22. The van der Waals surface area contributed by atoms with E-state index in [0.29, 0.717) is 24.2 Å². The third kappa shape index (κ3) is 4.41. The van der Waals surface area contributed by atoms with Crippen molar-refractivity contribution in [3.8, 4) is 35.1 Å². The van der Waals surface area contributed by atoms with E-state index in [0.717, 1.165) is 30.0 Å². The molecule has 10 heteroatoms. The predicted molar refractivity (Wildman–Crippen MR) is 130 cm³/mol. The number of nitrogen functional groups attached to an aromatic ring is 1. The normalized spacial score (nSPS) is 15.4. The zero-order chi connectivity index (χ0) is 24.5. The predicted octanol–water partition coefficient (Wildman–Crippen LogP) is 2.43. The van der Waals surface area contributed by atoms with Gasteiger partial charge < -0.3 is 15.7 Å². The number of aliphatic hydroxyl groups excluding tert-OH is 1. The number of nitrogens with two attached hydrogens (primary N) is 1. The van der Waals surface area contributed by atoms with Crippen LogP contribution < -0.4 is 10.6 Å². The van der Waals surface area contributed by atoms with Gasteiger partial charge in [-0.25, -0.2) is 24.0 Å². The molecule has 1 saturated heterocycles. The van der Waals surface area contributed by atoms with Crippen molar-refractivity contribution in [1.82, 2.24) is 29.9 Å². The zero-order valence-corrected chi connectivity index (χ0v) is 19.1. The van der Waals surface area contributed by atoms with Gasteiger partial charge in [-0.1, -0.05) is 29.3 Å². The van der Waals surface area contributed by atoms with Crippen molar-refractivity contribution in [3.63, 3.8) is 0 Å². The maximum absolute atomic E-state index is 14.9. The lowest BCUT2D eigenvalue weighted by atomic mass is 10.0. The quantitative estimate of drug-likeness (QED) is 0.427. The van der Waals surface area contributed by atoms with Gasteiger partial charge in [0.15, 0.2) is 17.5 Å². The smallest absolute Gasteiger partial charge is 0.193 e. The molecule has 176 valence electrons. The Morgan fingerprint density at radius 2 is 2.03 bits per heavy atom. The van der Waals surface area contributed by atoms with Crippen LogP contribution in [0.5, 0.6) is 0 Å². The Bertz CT molecular complexity index is 1440. The number of anilines is 2. The van der Waals surface area contributed by atoms with Crippen molar-refractivity contribution < 1.29 is 9.50 Å². The molecule has 4 aromatic rings. The second-order valence-corrected chi connectivity index (χ2v) is 8.39. The molecule has 0 aliphatic carbocycles. The van der Waals surface area contributed by atoms with Gasteiger partial charge in [-0.05, 0) is 37.1 Å². The van der Waals surface area contributed by atoms with E-state index < -0.39 is 5.82 Å². The van der Waals surface area contributed by atoms with Crippen LogP contribution in [0.4, 0.5) is 16.0 Å². The fraction of sp³-hybridized carbons (Fsp3) is 0.240. The number of β-amino-alcohol motifs (C(OH)–C–C–N with tert-alkyl or cyclic N) is 1. The van der Waals surface area contributed by atoms with Crippen LogP contribution in [0.2, 0.25) is 0 Å². The molecule has 1 aliphatic heterocycles. The third-order valence-electron chi connectivity index (χ3n) is 5.99. The van der Waals surface area contributed by atoms with Crippen LogP contribution in [-0.4, -0.2) is 54.2 Å². The average Bonchev–Trinajstić information content (AvgIpc) is 3.50. The van der Waals surface area contributed by atoms with E-state index in [1.165, 1.54) is 0 Å². The van der Waals surface area contributed by atoms with E-state index >= 15 is 0 Å². The van der Waals surface area contributed by atoms with Crippen LogP contribution in [-0.2, 0) is 6.54 Å². The molecular formula is C25H23FN8O. The molecule has 0 saturated carbocycles. The van der Waals surface area contributed by atoms with Gasteiger partial charge in [-0.2, -0.15) is 0 Å². The molecule has 1 aliphatic rings. The van der Waals surface area contributed by atoms with E-state index in [2.05, 4.69) is 31.2 Å². The Kier molecular flexibility index (Phi) is 5.84. The molecule has 9 nitrogen and oxygen atoms in total. The van der Waals surface area contributed by atoms with Gasteiger partial charge >= 0.3 is 0 Å². The molecule has 0 amide bonds. The number of terminal acetylenes is 1. The van der Waals surface area contributed by atoms with Gasteiger partial charge in [-0.3, -0.25) is 0 Å². The monoisotopic (exact) mass is 470 g/mol. The van der Waals surface area contributed by atoms with Gasteiger partial charge in [0.1, 0.15) is 17.2 Å². The van der Waals surface area contributed by atoms with Crippen molar-refractivity contribution in [3.05, 3.63) is 65.2 Å². The third-order valence-corrected chi connectivity index (χ3v) is 5.99. The standard InChI is InChI=1S/C25H23FN8O/c1-3-16-6-4-8-19(15(16)2)25-29-23(22(26)24(27)30-25)20-14-34(32-31-20)12-17-7-5-9-21(28-17)33-11-10-18(35)13-33/h1,4-9,14,18,35H,10-13H2,2H3,(H2,27,29,30). The summed E-state index contributed by atoms with van der Waals surface area (Å²) in [5.41, 5.74) is 8.97. The largest absolute Gasteiger partial charge is 0.391 e. The molecule has 0 radical (unpaired) electrons. The molecule has 1 atom stereocenters. The zero-order valence-electron chi connectivity index (χ0n) is 19.1. The number of rotatable bonds is 5. The van der Waals surface area contributed by atoms with Gasteiger partial charge in [0.2, 0.25) is 0 Å². The molecule has 3 aromatic heterocycles. The number of aromatic nitrogens is 6. The number of nitrogens with zero attached hydrogens (tertiary/aromatic N) is 7. The van der Waals surface area contributed by atoms with Gasteiger partial charge in [0, 0.05) is 24.2 Å². The summed E-state index contributed by atoms with van der Waals surface area (Å²) in [7, 11) is 0. The van der Waals surface area contributed by atoms with E-state index in [-0.39, 0.29) is 29.1 Å². The van der Waals surface area contributed by atoms with Gasteiger partial charge in [0.05, 0.1) is 24.5 Å². The molecule has 0 spiro atoms. The van der Waals surface area contributed by atoms with Crippen molar-refractivity contribution in [1.29, 1.82) is 0 Å². The first-order valence-electron chi connectivity index (χ1n) is 11.1. The highest BCUT2D eigenvalue weighted by Crippen LogP contribution is 2.28. The molecule has 1 fully saturated rings. The second kappa shape index (κ2) is 9.12. The van der Waals surface area contributed by atoms with E-state index in [1.54, 1.807) is 16.9 Å². The minimum Gasteiger partial charge on any atom is -0.391 e. The number of halogens is 1. The minimum atomic E-state index is -0.765. The summed E-state index contributed by atoms with van der Waals surface area (Å²) in [6.07, 6.45) is 7.55. The summed E-state index contributed by atoms with van der Waals surface area (Å²) in [5, 5.41) is 18.0. The van der Waals surface area contributed by atoms with Crippen LogP contribution in [0.15, 0.2) is 42.6 Å². The average molecular weight is 471 g/mol. The number of aliphatic hydroxyl groups is 1.